The van der Waals surface area contributed by atoms with Crippen LogP contribution in [0.3, 0.4) is 0 Å². The summed E-state index contributed by atoms with van der Waals surface area (Å²) in [4.78, 5) is 9.95. The summed E-state index contributed by atoms with van der Waals surface area (Å²) in [5.74, 6) is 2.18. The first-order chi connectivity index (χ1) is 11.9. The van der Waals surface area contributed by atoms with Crippen molar-refractivity contribution >= 4 is 17.3 Å². The highest BCUT2D eigenvalue weighted by atomic mass is 32.1. The normalized spacial score (nSPS) is 14.6. The molecule has 2 heterocycles. The molecular weight excluding hydrogens is 334 g/mol. The van der Waals surface area contributed by atoms with Gasteiger partial charge in [0.25, 0.3) is 0 Å². The molecular formula is C18H29N5OS. The molecule has 0 aliphatic heterocycles. The van der Waals surface area contributed by atoms with Crippen LogP contribution in [0, 0.1) is 5.92 Å². The SMILES string of the molecule is CCNC(=NCc1nccn1CC(C)C)NCC(C)(O)c1cccs1. The minimum atomic E-state index is -0.930. The number of aliphatic hydroxyl groups is 1. The molecule has 0 spiro atoms. The fraction of sp³-hybridized carbons (Fsp3) is 0.556. The minimum Gasteiger partial charge on any atom is -0.383 e. The second-order valence-electron chi connectivity index (χ2n) is 6.69. The van der Waals surface area contributed by atoms with Gasteiger partial charge in [-0.2, -0.15) is 0 Å². The van der Waals surface area contributed by atoms with E-state index in [1.807, 2.05) is 43.8 Å². The molecule has 0 fully saturated rings. The zero-order valence-electron chi connectivity index (χ0n) is 15.5. The Labute approximate surface area is 154 Å². The zero-order valence-corrected chi connectivity index (χ0v) is 16.3. The summed E-state index contributed by atoms with van der Waals surface area (Å²) in [5.41, 5.74) is -0.930. The minimum absolute atomic E-state index is 0.389. The van der Waals surface area contributed by atoms with Crippen molar-refractivity contribution in [3.05, 3.63) is 40.6 Å². The van der Waals surface area contributed by atoms with Crippen molar-refractivity contribution in [2.45, 2.75) is 46.4 Å². The summed E-state index contributed by atoms with van der Waals surface area (Å²) >= 11 is 1.55. The number of rotatable bonds is 8. The number of aromatic nitrogens is 2. The quantitative estimate of drug-likeness (QED) is 0.498. The first kappa shape index (κ1) is 19.5. The first-order valence-corrected chi connectivity index (χ1v) is 9.59. The van der Waals surface area contributed by atoms with Gasteiger partial charge in [0.2, 0.25) is 0 Å². The number of aliphatic imine (C=N–C) groups is 1. The monoisotopic (exact) mass is 363 g/mol. The van der Waals surface area contributed by atoms with Crippen molar-refractivity contribution in [1.82, 2.24) is 20.2 Å². The van der Waals surface area contributed by atoms with Crippen LogP contribution in [0.4, 0.5) is 0 Å². The number of imidazole rings is 1. The van der Waals surface area contributed by atoms with Gasteiger partial charge in [-0.1, -0.05) is 19.9 Å². The van der Waals surface area contributed by atoms with Gasteiger partial charge in [-0.15, -0.1) is 11.3 Å². The van der Waals surface area contributed by atoms with Gasteiger partial charge < -0.3 is 20.3 Å². The summed E-state index contributed by atoms with van der Waals surface area (Å²) in [6.45, 7) is 10.8. The summed E-state index contributed by atoms with van der Waals surface area (Å²) in [5, 5.41) is 19.1. The van der Waals surface area contributed by atoms with Gasteiger partial charge >= 0.3 is 0 Å². The smallest absolute Gasteiger partial charge is 0.191 e. The fourth-order valence-corrected chi connectivity index (χ4v) is 3.26. The predicted molar refractivity (Wildman–Crippen MR) is 104 cm³/mol. The third-order valence-corrected chi connectivity index (χ3v) is 4.86. The highest BCUT2D eigenvalue weighted by molar-refractivity contribution is 7.10. The van der Waals surface area contributed by atoms with Crippen LogP contribution in [0.5, 0.6) is 0 Å². The van der Waals surface area contributed by atoms with Crippen LogP contribution in [0.1, 0.15) is 38.4 Å². The summed E-state index contributed by atoms with van der Waals surface area (Å²) in [6.07, 6.45) is 3.81. The summed E-state index contributed by atoms with van der Waals surface area (Å²) in [7, 11) is 0. The van der Waals surface area contributed by atoms with Crippen LogP contribution in [0.2, 0.25) is 0 Å². The van der Waals surface area contributed by atoms with Crippen LogP contribution in [0.15, 0.2) is 34.9 Å². The molecule has 0 radical (unpaired) electrons. The van der Waals surface area contributed by atoms with E-state index in [-0.39, 0.29) is 0 Å². The lowest BCUT2D eigenvalue weighted by Gasteiger charge is -2.23. The van der Waals surface area contributed by atoms with Gasteiger partial charge in [-0.05, 0) is 31.2 Å². The molecule has 0 saturated carbocycles. The van der Waals surface area contributed by atoms with Crippen molar-refractivity contribution in [2.75, 3.05) is 13.1 Å². The Kier molecular flexibility index (Phi) is 7.01. The Bertz CT molecular complexity index is 661. The summed E-state index contributed by atoms with van der Waals surface area (Å²) < 4.78 is 2.14. The van der Waals surface area contributed by atoms with Crippen LogP contribution >= 0.6 is 11.3 Å². The van der Waals surface area contributed by atoms with Gasteiger partial charge in [0.1, 0.15) is 18.0 Å². The molecule has 1 atom stereocenters. The van der Waals surface area contributed by atoms with Gasteiger partial charge in [0.05, 0.1) is 6.54 Å². The van der Waals surface area contributed by atoms with E-state index in [4.69, 9.17) is 0 Å². The van der Waals surface area contributed by atoms with Crippen LogP contribution in [-0.4, -0.2) is 33.7 Å². The Balaban J connectivity index is 2.00. The number of hydrogen-bond acceptors (Lipinski definition) is 4. The molecule has 25 heavy (non-hydrogen) atoms. The van der Waals surface area contributed by atoms with Crippen LogP contribution in [0.25, 0.3) is 0 Å². The van der Waals surface area contributed by atoms with Crippen LogP contribution < -0.4 is 10.6 Å². The van der Waals surface area contributed by atoms with E-state index >= 15 is 0 Å². The van der Waals surface area contributed by atoms with E-state index < -0.39 is 5.60 Å². The molecule has 7 heteroatoms. The standard InChI is InChI=1S/C18H29N5OS/c1-5-19-17(22-13-18(4,24)15-7-6-10-25-15)21-11-16-20-8-9-23(16)12-14(2)3/h6-10,14,24H,5,11-13H2,1-4H3,(H2,19,21,22). The molecule has 2 aromatic rings. The van der Waals surface area contributed by atoms with E-state index in [0.717, 1.165) is 23.8 Å². The molecule has 6 nitrogen and oxygen atoms in total. The largest absolute Gasteiger partial charge is 0.383 e. The maximum absolute atomic E-state index is 10.6. The lowest BCUT2D eigenvalue weighted by molar-refractivity contribution is 0.0655. The molecule has 0 amide bonds. The third kappa shape index (κ3) is 5.86. The maximum atomic E-state index is 10.6. The molecule has 0 aliphatic rings. The van der Waals surface area contributed by atoms with E-state index in [1.165, 1.54) is 0 Å². The van der Waals surface area contributed by atoms with Crippen molar-refractivity contribution in [3.8, 4) is 0 Å². The number of nitrogens with one attached hydrogen (secondary N) is 2. The highest BCUT2D eigenvalue weighted by Gasteiger charge is 2.24. The van der Waals surface area contributed by atoms with E-state index in [2.05, 4.69) is 39.0 Å². The molecule has 138 valence electrons. The average Bonchev–Trinajstić information content (AvgIpc) is 3.22. The van der Waals surface area contributed by atoms with E-state index in [0.29, 0.717) is 25.0 Å². The second-order valence-corrected chi connectivity index (χ2v) is 7.64. The Morgan fingerprint density at radius 2 is 2.24 bits per heavy atom. The lowest BCUT2D eigenvalue weighted by atomic mass is 10.1. The fourth-order valence-electron chi connectivity index (χ4n) is 2.47. The molecule has 0 bridgehead atoms. The number of thiophene rings is 1. The topological polar surface area (TPSA) is 74.5 Å². The van der Waals surface area contributed by atoms with E-state index in [1.54, 1.807) is 11.3 Å². The molecule has 0 saturated heterocycles. The molecule has 1 unspecified atom stereocenters. The van der Waals surface area contributed by atoms with Gasteiger partial charge in [0.15, 0.2) is 5.96 Å². The Morgan fingerprint density at radius 3 is 2.88 bits per heavy atom. The first-order valence-electron chi connectivity index (χ1n) is 8.71. The van der Waals surface area contributed by atoms with Crippen molar-refractivity contribution in [2.24, 2.45) is 10.9 Å². The second kappa shape index (κ2) is 9.01. The number of hydrogen-bond donors (Lipinski definition) is 3. The van der Waals surface area contributed by atoms with E-state index in [9.17, 15) is 5.11 Å². The van der Waals surface area contributed by atoms with Gasteiger partial charge in [-0.3, -0.25) is 0 Å². The predicted octanol–water partition coefficient (Wildman–Crippen LogP) is 2.56. The molecule has 2 aromatic heterocycles. The lowest BCUT2D eigenvalue weighted by Crippen LogP contribution is -2.44. The van der Waals surface area contributed by atoms with Gasteiger partial charge in [-0.25, -0.2) is 9.98 Å². The molecule has 0 aromatic carbocycles. The van der Waals surface area contributed by atoms with Crippen molar-refractivity contribution in [1.29, 1.82) is 0 Å². The average molecular weight is 364 g/mol. The molecule has 0 aliphatic carbocycles. The number of nitrogens with zero attached hydrogens (tertiary/aromatic N) is 3. The Morgan fingerprint density at radius 1 is 1.44 bits per heavy atom. The highest BCUT2D eigenvalue weighted by Crippen LogP contribution is 2.24. The van der Waals surface area contributed by atoms with Gasteiger partial charge in [0, 0.05) is 30.4 Å². The van der Waals surface area contributed by atoms with Crippen molar-refractivity contribution < 1.29 is 5.11 Å². The maximum Gasteiger partial charge on any atom is 0.191 e. The zero-order chi connectivity index (χ0) is 18.3. The summed E-state index contributed by atoms with van der Waals surface area (Å²) in [6, 6.07) is 3.89. The van der Waals surface area contributed by atoms with Crippen LogP contribution in [-0.2, 0) is 18.7 Å². The molecule has 2 rings (SSSR count). The van der Waals surface area contributed by atoms with Crippen molar-refractivity contribution in [3.63, 3.8) is 0 Å². The molecule has 3 N–H and O–H groups in total. The number of guanidine groups is 1. The third-order valence-electron chi connectivity index (χ3n) is 3.74. The Hall–Kier alpha value is -1.86.